The summed E-state index contributed by atoms with van der Waals surface area (Å²) in [6, 6.07) is 15.8. The first kappa shape index (κ1) is 10.1. The largest absolute Gasteiger partial charge is 0.308 e. The van der Waals surface area contributed by atoms with Crippen LogP contribution in [-0.4, -0.2) is 6.04 Å². The third-order valence-electron chi connectivity index (χ3n) is 3.14. The Kier molecular flexibility index (Phi) is 2.77. The van der Waals surface area contributed by atoms with Gasteiger partial charge in [0.15, 0.2) is 0 Å². The van der Waals surface area contributed by atoms with Crippen molar-refractivity contribution in [2.75, 3.05) is 0 Å². The fourth-order valence-electron chi connectivity index (χ4n) is 2.13. The van der Waals surface area contributed by atoms with Gasteiger partial charge in [-0.15, -0.1) is 11.3 Å². The van der Waals surface area contributed by atoms with E-state index in [1.165, 1.54) is 16.9 Å². The van der Waals surface area contributed by atoms with Gasteiger partial charge >= 0.3 is 0 Å². The Hall–Kier alpha value is -1.12. The number of nitrogens with one attached hydrogen (secondary N) is 1. The Morgan fingerprint density at radius 1 is 1.12 bits per heavy atom. The van der Waals surface area contributed by atoms with E-state index in [1.54, 1.807) is 0 Å². The molecule has 0 saturated heterocycles. The lowest BCUT2D eigenvalue weighted by Crippen LogP contribution is -2.16. The van der Waals surface area contributed by atoms with Crippen molar-refractivity contribution >= 4 is 11.3 Å². The molecule has 82 valence electrons. The summed E-state index contributed by atoms with van der Waals surface area (Å²) in [5.41, 5.74) is 1.48. The lowest BCUT2D eigenvalue weighted by atomic mass is 10.1. The van der Waals surface area contributed by atoms with Gasteiger partial charge < -0.3 is 5.32 Å². The van der Waals surface area contributed by atoms with Crippen molar-refractivity contribution in [2.45, 2.75) is 24.9 Å². The molecule has 3 rings (SSSR count). The third kappa shape index (κ3) is 2.18. The molecule has 1 aliphatic rings. The summed E-state index contributed by atoms with van der Waals surface area (Å²) in [6.07, 6.45) is 1.29. The molecule has 1 aromatic carbocycles. The molecule has 2 heteroatoms. The molecule has 2 unspecified atom stereocenters. The summed E-state index contributed by atoms with van der Waals surface area (Å²) in [4.78, 5) is 1.43. The summed E-state index contributed by atoms with van der Waals surface area (Å²) < 4.78 is 0. The molecule has 1 saturated carbocycles. The van der Waals surface area contributed by atoms with Crippen LogP contribution in [0.15, 0.2) is 47.8 Å². The number of thiophene rings is 1. The van der Waals surface area contributed by atoms with Crippen LogP contribution in [0, 0.1) is 0 Å². The van der Waals surface area contributed by atoms with Gasteiger partial charge in [-0.3, -0.25) is 0 Å². The van der Waals surface area contributed by atoms with Gasteiger partial charge in [0.2, 0.25) is 0 Å². The van der Waals surface area contributed by atoms with Gasteiger partial charge in [-0.1, -0.05) is 36.4 Å². The molecule has 1 heterocycles. The first-order chi connectivity index (χ1) is 7.93. The maximum atomic E-state index is 3.62. The summed E-state index contributed by atoms with van der Waals surface area (Å²) in [5.74, 6) is 0.737. The average molecular weight is 229 g/mol. The topological polar surface area (TPSA) is 12.0 Å². The standard InChI is InChI=1S/C14H15NS/c1-2-5-11(6-3-1)13-9-14(13)15-10-12-7-4-8-16-12/h1-8,13-15H,9-10H2. The van der Waals surface area contributed by atoms with Crippen molar-refractivity contribution in [3.63, 3.8) is 0 Å². The summed E-state index contributed by atoms with van der Waals surface area (Å²) in [7, 11) is 0. The normalized spacial score (nSPS) is 23.2. The minimum atomic E-state index is 0.685. The minimum Gasteiger partial charge on any atom is -0.308 e. The minimum absolute atomic E-state index is 0.685. The highest BCUT2D eigenvalue weighted by Crippen LogP contribution is 2.40. The van der Waals surface area contributed by atoms with Crippen LogP contribution in [0.2, 0.25) is 0 Å². The lowest BCUT2D eigenvalue weighted by Gasteiger charge is -2.02. The predicted octanol–water partition coefficient (Wildman–Crippen LogP) is 3.39. The van der Waals surface area contributed by atoms with Crippen LogP contribution in [0.25, 0.3) is 0 Å². The number of hydrogen-bond acceptors (Lipinski definition) is 2. The Bertz CT molecular complexity index is 435. The monoisotopic (exact) mass is 229 g/mol. The molecule has 0 aliphatic heterocycles. The van der Waals surface area contributed by atoms with E-state index in [2.05, 4.69) is 53.2 Å². The molecule has 0 spiro atoms. The maximum Gasteiger partial charge on any atom is 0.0302 e. The second-order valence-electron chi connectivity index (χ2n) is 4.32. The van der Waals surface area contributed by atoms with E-state index in [9.17, 15) is 0 Å². The van der Waals surface area contributed by atoms with Crippen molar-refractivity contribution in [3.8, 4) is 0 Å². The second-order valence-corrected chi connectivity index (χ2v) is 5.35. The van der Waals surface area contributed by atoms with E-state index < -0.39 is 0 Å². The van der Waals surface area contributed by atoms with E-state index in [0.29, 0.717) is 6.04 Å². The molecule has 0 amide bonds. The highest BCUT2D eigenvalue weighted by molar-refractivity contribution is 7.09. The Morgan fingerprint density at radius 2 is 2.00 bits per heavy atom. The van der Waals surface area contributed by atoms with Gasteiger partial charge in [-0.25, -0.2) is 0 Å². The molecule has 1 N–H and O–H groups in total. The van der Waals surface area contributed by atoms with Crippen LogP contribution < -0.4 is 5.32 Å². The molecule has 1 aromatic heterocycles. The van der Waals surface area contributed by atoms with E-state index in [4.69, 9.17) is 0 Å². The number of hydrogen-bond donors (Lipinski definition) is 1. The molecule has 16 heavy (non-hydrogen) atoms. The Balaban J connectivity index is 1.53. The first-order valence-electron chi connectivity index (χ1n) is 5.74. The van der Waals surface area contributed by atoms with Crippen LogP contribution in [0.3, 0.4) is 0 Å². The quantitative estimate of drug-likeness (QED) is 0.847. The van der Waals surface area contributed by atoms with E-state index in [-0.39, 0.29) is 0 Å². The van der Waals surface area contributed by atoms with E-state index in [1.807, 2.05) is 11.3 Å². The number of rotatable bonds is 4. The summed E-state index contributed by atoms with van der Waals surface area (Å²) in [6.45, 7) is 1.02. The van der Waals surface area contributed by atoms with Crippen LogP contribution in [0.5, 0.6) is 0 Å². The molecule has 1 nitrogen and oxygen atoms in total. The van der Waals surface area contributed by atoms with E-state index >= 15 is 0 Å². The molecule has 0 bridgehead atoms. The van der Waals surface area contributed by atoms with Crippen LogP contribution >= 0.6 is 11.3 Å². The fraction of sp³-hybridized carbons (Fsp3) is 0.286. The zero-order valence-electron chi connectivity index (χ0n) is 9.10. The van der Waals surface area contributed by atoms with Crippen molar-refractivity contribution < 1.29 is 0 Å². The SMILES string of the molecule is c1ccc(C2CC2NCc2cccs2)cc1. The van der Waals surface area contributed by atoms with Gasteiger partial charge in [0.1, 0.15) is 0 Å². The molecule has 0 radical (unpaired) electrons. The van der Waals surface area contributed by atoms with Crippen molar-refractivity contribution in [1.29, 1.82) is 0 Å². The number of benzene rings is 1. The third-order valence-corrected chi connectivity index (χ3v) is 4.01. The van der Waals surface area contributed by atoms with Crippen LogP contribution in [0.1, 0.15) is 22.8 Å². The van der Waals surface area contributed by atoms with Gasteiger partial charge in [0, 0.05) is 23.4 Å². The van der Waals surface area contributed by atoms with Crippen LogP contribution in [-0.2, 0) is 6.54 Å². The molecule has 1 aliphatic carbocycles. The Labute approximate surface area is 100 Å². The van der Waals surface area contributed by atoms with Gasteiger partial charge in [-0.05, 0) is 23.4 Å². The average Bonchev–Trinajstić information content (AvgIpc) is 2.93. The molecule has 2 atom stereocenters. The summed E-state index contributed by atoms with van der Waals surface area (Å²) in [5, 5.41) is 5.76. The fourth-order valence-corrected chi connectivity index (χ4v) is 2.79. The van der Waals surface area contributed by atoms with Gasteiger partial charge in [0.05, 0.1) is 0 Å². The highest BCUT2D eigenvalue weighted by atomic mass is 32.1. The summed E-state index contributed by atoms with van der Waals surface area (Å²) >= 11 is 1.83. The van der Waals surface area contributed by atoms with Gasteiger partial charge in [-0.2, -0.15) is 0 Å². The molecular weight excluding hydrogens is 214 g/mol. The van der Waals surface area contributed by atoms with Gasteiger partial charge in [0.25, 0.3) is 0 Å². The zero-order valence-corrected chi connectivity index (χ0v) is 9.91. The van der Waals surface area contributed by atoms with Crippen molar-refractivity contribution in [3.05, 3.63) is 58.3 Å². The van der Waals surface area contributed by atoms with Crippen molar-refractivity contribution in [2.24, 2.45) is 0 Å². The Morgan fingerprint density at radius 3 is 2.75 bits per heavy atom. The molecular formula is C14H15NS. The maximum absolute atomic E-state index is 3.62. The van der Waals surface area contributed by atoms with Crippen LogP contribution in [0.4, 0.5) is 0 Å². The molecule has 1 fully saturated rings. The highest BCUT2D eigenvalue weighted by Gasteiger charge is 2.37. The zero-order chi connectivity index (χ0) is 10.8. The molecule has 2 aromatic rings. The van der Waals surface area contributed by atoms with Crippen molar-refractivity contribution in [1.82, 2.24) is 5.32 Å². The predicted molar refractivity (Wildman–Crippen MR) is 68.7 cm³/mol. The lowest BCUT2D eigenvalue weighted by molar-refractivity contribution is 0.679. The smallest absolute Gasteiger partial charge is 0.0302 e. The second kappa shape index (κ2) is 4.40. The first-order valence-corrected chi connectivity index (χ1v) is 6.62. The van der Waals surface area contributed by atoms with E-state index in [0.717, 1.165) is 12.5 Å².